The first-order valence-corrected chi connectivity index (χ1v) is 12.3. The lowest BCUT2D eigenvalue weighted by molar-refractivity contribution is -0.145. The van der Waals surface area contributed by atoms with E-state index in [4.69, 9.17) is 4.74 Å². The summed E-state index contributed by atoms with van der Waals surface area (Å²) < 4.78 is 5.43. The van der Waals surface area contributed by atoms with E-state index in [0.29, 0.717) is 12.0 Å². The first-order valence-electron chi connectivity index (χ1n) is 12.3. The van der Waals surface area contributed by atoms with Gasteiger partial charge >= 0.3 is 5.97 Å². The molecule has 1 atom stereocenters. The van der Waals surface area contributed by atoms with Gasteiger partial charge in [-0.15, -0.1) is 0 Å². The summed E-state index contributed by atoms with van der Waals surface area (Å²) >= 11 is 0. The van der Waals surface area contributed by atoms with Gasteiger partial charge in [0.2, 0.25) is 0 Å². The summed E-state index contributed by atoms with van der Waals surface area (Å²) in [7, 11) is 0. The van der Waals surface area contributed by atoms with E-state index in [1.165, 1.54) is 37.9 Å². The molecule has 1 aromatic rings. The van der Waals surface area contributed by atoms with Gasteiger partial charge in [0.15, 0.2) is 5.78 Å². The molecule has 0 spiro atoms. The van der Waals surface area contributed by atoms with Crippen LogP contribution in [-0.4, -0.2) is 54.4 Å². The zero-order chi connectivity index (χ0) is 24.3. The average Bonchev–Trinajstić information content (AvgIpc) is 2.78. The van der Waals surface area contributed by atoms with Crippen molar-refractivity contribution in [3.05, 3.63) is 47.5 Å². The molecular weight excluding hydrogens is 414 g/mol. The summed E-state index contributed by atoms with van der Waals surface area (Å²) in [4.78, 5) is 27.2. The quantitative estimate of drug-likeness (QED) is 0.265. The van der Waals surface area contributed by atoms with Gasteiger partial charge in [-0.3, -0.25) is 9.59 Å². The molecule has 2 N–H and O–H groups in total. The van der Waals surface area contributed by atoms with E-state index in [0.717, 1.165) is 25.2 Å². The smallest absolute Gasteiger partial charge is 0.306 e. The minimum absolute atomic E-state index is 0.0575. The van der Waals surface area contributed by atoms with Gasteiger partial charge < -0.3 is 20.3 Å². The maximum absolute atomic E-state index is 12.4. The van der Waals surface area contributed by atoms with E-state index in [1.807, 2.05) is 32.9 Å². The van der Waals surface area contributed by atoms with Crippen LogP contribution in [0.5, 0.6) is 0 Å². The summed E-state index contributed by atoms with van der Waals surface area (Å²) in [5.41, 5.74) is 2.44. The van der Waals surface area contributed by atoms with Crippen molar-refractivity contribution in [1.29, 1.82) is 0 Å². The number of nitrogens with zero attached hydrogens (tertiary/aromatic N) is 1. The standard InChI is InChI=1S/C27H43N3O3/c1-21(2)26(32)24(29-27(3,4)5)13-14-25(31)33-20-23-11-9-22(10-12-23)19-28-15-18-30-16-7-6-8-17-30/h9-12,24,28-29H,1,6-8,13-20H2,2-5H3/t24-/m0/s1. The molecule has 1 fully saturated rings. The van der Waals surface area contributed by atoms with Crippen LogP contribution in [0, 0.1) is 0 Å². The predicted molar refractivity (Wildman–Crippen MR) is 134 cm³/mol. The SMILES string of the molecule is C=C(C)C(=O)[C@H](CCC(=O)OCc1ccc(CNCCN2CCCCC2)cc1)NC(C)(C)C. The molecule has 6 nitrogen and oxygen atoms in total. The Kier molecular flexibility index (Phi) is 11.2. The third-order valence-corrected chi connectivity index (χ3v) is 5.79. The Labute approximate surface area is 200 Å². The molecule has 0 amide bonds. The predicted octanol–water partition coefficient (Wildman–Crippen LogP) is 3.99. The number of esters is 1. The van der Waals surface area contributed by atoms with E-state index >= 15 is 0 Å². The highest BCUT2D eigenvalue weighted by atomic mass is 16.5. The number of Topliss-reactive ketones (excluding diaryl/α,β-unsaturated/α-hetero) is 1. The van der Waals surface area contributed by atoms with Crippen LogP contribution in [0.2, 0.25) is 0 Å². The van der Waals surface area contributed by atoms with Gasteiger partial charge in [-0.05, 0) is 76.7 Å². The molecule has 1 aliphatic heterocycles. The third-order valence-electron chi connectivity index (χ3n) is 5.79. The molecule has 1 aliphatic rings. The molecular formula is C27H43N3O3. The van der Waals surface area contributed by atoms with Gasteiger partial charge in [0, 0.05) is 31.6 Å². The number of ketones is 1. The van der Waals surface area contributed by atoms with Crippen molar-refractivity contribution in [2.24, 2.45) is 0 Å². The second-order valence-electron chi connectivity index (χ2n) is 10.2. The second-order valence-corrected chi connectivity index (χ2v) is 10.2. The summed E-state index contributed by atoms with van der Waals surface area (Å²) in [5, 5.41) is 6.80. The zero-order valence-electron chi connectivity index (χ0n) is 21.0. The first-order chi connectivity index (χ1) is 15.6. The Morgan fingerprint density at radius 3 is 2.33 bits per heavy atom. The van der Waals surface area contributed by atoms with Crippen LogP contribution < -0.4 is 10.6 Å². The van der Waals surface area contributed by atoms with E-state index in [-0.39, 0.29) is 30.3 Å². The van der Waals surface area contributed by atoms with Gasteiger partial charge in [0.25, 0.3) is 0 Å². The monoisotopic (exact) mass is 457 g/mol. The van der Waals surface area contributed by atoms with Crippen molar-refractivity contribution in [3.8, 4) is 0 Å². The molecule has 33 heavy (non-hydrogen) atoms. The van der Waals surface area contributed by atoms with Crippen molar-refractivity contribution in [3.63, 3.8) is 0 Å². The fourth-order valence-corrected chi connectivity index (χ4v) is 3.99. The van der Waals surface area contributed by atoms with Crippen LogP contribution in [0.25, 0.3) is 0 Å². The normalized spacial score (nSPS) is 15.8. The topological polar surface area (TPSA) is 70.7 Å². The van der Waals surface area contributed by atoms with Gasteiger partial charge in [0.05, 0.1) is 6.04 Å². The lowest BCUT2D eigenvalue weighted by Gasteiger charge is -2.27. The maximum atomic E-state index is 12.4. The number of nitrogens with one attached hydrogen (secondary N) is 2. The molecule has 1 saturated heterocycles. The van der Waals surface area contributed by atoms with Crippen molar-refractivity contribution in [2.75, 3.05) is 26.2 Å². The van der Waals surface area contributed by atoms with Crippen LogP contribution in [-0.2, 0) is 27.5 Å². The third kappa shape index (κ3) is 11.1. The van der Waals surface area contributed by atoms with E-state index in [1.54, 1.807) is 6.92 Å². The highest BCUT2D eigenvalue weighted by molar-refractivity contribution is 5.98. The molecule has 0 unspecified atom stereocenters. The zero-order valence-corrected chi connectivity index (χ0v) is 21.0. The molecule has 0 aliphatic carbocycles. The first kappa shape index (κ1) is 27.2. The Balaban J connectivity index is 1.69. The molecule has 0 radical (unpaired) electrons. The van der Waals surface area contributed by atoms with Gasteiger partial charge in [-0.2, -0.15) is 0 Å². The van der Waals surface area contributed by atoms with Crippen LogP contribution in [0.1, 0.15) is 70.9 Å². The number of hydrogen-bond acceptors (Lipinski definition) is 6. The fraction of sp³-hybridized carbons (Fsp3) is 0.630. The second kappa shape index (κ2) is 13.6. The van der Waals surface area contributed by atoms with Crippen molar-refractivity contribution in [2.45, 2.75) is 84.5 Å². The highest BCUT2D eigenvalue weighted by Crippen LogP contribution is 2.12. The van der Waals surface area contributed by atoms with Gasteiger partial charge in [-0.1, -0.05) is 37.3 Å². The Morgan fingerprint density at radius 1 is 1.09 bits per heavy atom. The molecule has 1 heterocycles. The van der Waals surface area contributed by atoms with E-state index < -0.39 is 6.04 Å². The lowest BCUT2D eigenvalue weighted by atomic mass is 9.98. The summed E-state index contributed by atoms with van der Waals surface area (Å²) in [6.45, 7) is 17.1. The number of rotatable bonds is 13. The number of carbonyl (C=O) groups excluding carboxylic acids is 2. The molecule has 6 heteroatoms. The molecule has 0 bridgehead atoms. The Morgan fingerprint density at radius 2 is 1.73 bits per heavy atom. The molecule has 1 aromatic carbocycles. The molecule has 184 valence electrons. The van der Waals surface area contributed by atoms with Crippen LogP contribution in [0.15, 0.2) is 36.4 Å². The number of hydrogen-bond donors (Lipinski definition) is 2. The molecule has 0 aromatic heterocycles. The van der Waals surface area contributed by atoms with E-state index in [9.17, 15) is 9.59 Å². The van der Waals surface area contributed by atoms with Gasteiger partial charge in [-0.25, -0.2) is 0 Å². The average molecular weight is 458 g/mol. The summed E-state index contributed by atoms with van der Waals surface area (Å²) in [6.07, 6.45) is 4.60. The number of carbonyl (C=O) groups is 2. The Hall–Kier alpha value is -2.02. The van der Waals surface area contributed by atoms with Crippen molar-refractivity contribution in [1.82, 2.24) is 15.5 Å². The van der Waals surface area contributed by atoms with E-state index in [2.05, 4.69) is 34.2 Å². The van der Waals surface area contributed by atoms with Crippen molar-refractivity contribution < 1.29 is 14.3 Å². The number of piperidine rings is 1. The lowest BCUT2D eigenvalue weighted by Crippen LogP contribution is -2.48. The largest absolute Gasteiger partial charge is 0.461 e. The summed E-state index contributed by atoms with van der Waals surface area (Å²) in [6, 6.07) is 7.72. The highest BCUT2D eigenvalue weighted by Gasteiger charge is 2.25. The minimum atomic E-state index is -0.434. The van der Waals surface area contributed by atoms with Crippen LogP contribution in [0.4, 0.5) is 0 Å². The maximum Gasteiger partial charge on any atom is 0.306 e. The van der Waals surface area contributed by atoms with Crippen molar-refractivity contribution >= 4 is 11.8 Å². The molecule has 0 saturated carbocycles. The Bertz CT molecular complexity index is 762. The van der Waals surface area contributed by atoms with Crippen LogP contribution in [0.3, 0.4) is 0 Å². The van der Waals surface area contributed by atoms with Crippen LogP contribution >= 0.6 is 0 Å². The summed E-state index contributed by atoms with van der Waals surface area (Å²) in [5.74, 6) is -0.355. The van der Waals surface area contributed by atoms with Gasteiger partial charge in [0.1, 0.15) is 6.61 Å². The number of benzene rings is 1. The fourth-order valence-electron chi connectivity index (χ4n) is 3.99. The minimum Gasteiger partial charge on any atom is -0.461 e. The number of ether oxygens (including phenoxy) is 1. The number of likely N-dealkylation sites (tertiary alicyclic amines) is 1. The molecule has 2 rings (SSSR count).